The van der Waals surface area contributed by atoms with E-state index in [9.17, 15) is 0 Å². The lowest BCUT2D eigenvalue weighted by Gasteiger charge is -2.05. The molecule has 0 fully saturated rings. The van der Waals surface area contributed by atoms with E-state index in [2.05, 4.69) is 27.3 Å². The van der Waals surface area contributed by atoms with Crippen LogP contribution in [0.3, 0.4) is 0 Å². The van der Waals surface area contributed by atoms with Crippen molar-refractivity contribution in [1.82, 2.24) is 19.7 Å². The number of nitrogens with zero attached hydrogens (tertiary/aromatic N) is 4. The van der Waals surface area contributed by atoms with Crippen LogP contribution in [-0.4, -0.2) is 26.9 Å². The SMILES string of the molecule is CCc1nn(C)cc1CNc1cc(OC)ncn1. The van der Waals surface area contributed by atoms with Gasteiger partial charge in [-0.2, -0.15) is 5.10 Å². The maximum atomic E-state index is 5.05. The van der Waals surface area contributed by atoms with E-state index in [1.165, 1.54) is 11.9 Å². The number of nitrogens with one attached hydrogen (secondary N) is 1. The van der Waals surface area contributed by atoms with Gasteiger partial charge < -0.3 is 10.1 Å². The van der Waals surface area contributed by atoms with Crippen molar-refractivity contribution in [1.29, 1.82) is 0 Å². The number of ether oxygens (including phenoxy) is 1. The van der Waals surface area contributed by atoms with E-state index in [1.807, 2.05) is 17.9 Å². The van der Waals surface area contributed by atoms with E-state index >= 15 is 0 Å². The Kier molecular flexibility index (Phi) is 3.76. The van der Waals surface area contributed by atoms with Gasteiger partial charge in [0.25, 0.3) is 0 Å². The van der Waals surface area contributed by atoms with Crippen molar-refractivity contribution >= 4 is 5.82 Å². The molecule has 18 heavy (non-hydrogen) atoms. The fourth-order valence-electron chi connectivity index (χ4n) is 1.76. The normalized spacial score (nSPS) is 10.4. The minimum absolute atomic E-state index is 0.550. The van der Waals surface area contributed by atoms with E-state index in [4.69, 9.17) is 4.74 Å². The van der Waals surface area contributed by atoms with Gasteiger partial charge in [-0.05, 0) is 6.42 Å². The Hall–Kier alpha value is -2.11. The first kappa shape index (κ1) is 12.3. The maximum Gasteiger partial charge on any atom is 0.218 e. The fraction of sp³-hybridized carbons (Fsp3) is 0.417. The van der Waals surface area contributed by atoms with Crippen molar-refractivity contribution < 1.29 is 4.74 Å². The molecule has 2 rings (SSSR count). The number of aromatic nitrogens is 4. The second-order valence-electron chi connectivity index (χ2n) is 3.93. The summed E-state index contributed by atoms with van der Waals surface area (Å²) >= 11 is 0. The Morgan fingerprint density at radius 2 is 2.22 bits per heavy atom. The number of methoxy groups -OCH3 is 1. The molecule has 6 nitrogen and oxygen atoms in total. The van der Waals surface area contributed by atoms with E-state index in [0.29, 0.717) is 12.4 Å². The van der Waals surface area contributed by atoms with Gasteiger partial charge in [-0.25, -0.2) is 9.97 Å². The Labute approximate surface area is 106 Å². The molecule has 1 N–H and O–H groups in total. The minimum Gasteiger partial charge on any atom is -0.481 e. The first-order valence-electron chi connectivity index (χ1n) is 5.84. The monoisotopic (exact) mass is 247 g/mol. The summed E-state index contributed by atoms with van der Waals surface area (Å²) in [7, 11) is 3.51. The number of anilines is 1. The molecule has 0 spiro atoms. The van der Waals surface area contributed by atoms with Crippen LogP contribution >= 0.6 is 0 Å². The summed E-state index contributed by atoms with van der Waals surface area (Å²) in [6, 6.07) is 1.77. The van der Waals surface area contributed by atoms with Crippen LogP contribution in [0.1, 0.15) is 18.2 Å². The van der Waals surface area contributed by atoms with Gasteiger partial charge in [0.1, 0.15) is 12.1 Å². The summed E-state index contributed by atoms with van der Waals surface area (Å²) in [6.45, 7) is 2.79. The lowest BCUT2D eigenvalue weighted by molar-refractivity contribution is 0.397. The molecule has 96 valence electrons. The van der Waals surface area contributed by atoms with Gasteiger partial charge in [0.15, 0.2) is 0 Å². The molecule has 0 aliphatic heterocycles. The second kappa shape index (κ2) is 5.48. The van der Waals surface area contributed by atoms with Gasteiger partial charge in [0.05, 0.1) is 12.8 Å². The Morgan fingerprint density at radius 1 is 1.39 bits per heavy atom. The average Bonchev–Trinajstić information content (AvgIpc) is 2.77. The van der Waals surface area contributed by atoms with Crippen LogP contribution in [0.5, 0.6) is 5.88 Å². The van der Waals surface area contributed by atoms with Crippen molar-refractivity contribution in [2.45, 2.75) is 19.9 Å². The molecule has 0 bridgehead atoms. The lowest BCUT2D eigenvalue weighted by Crippen LogP contribution is -2.03. The van der Waals surface area contributed by atoms with E-state index in [0.717, 1.165) is 17.9 Å². The molecule has 2 heterocycles. The van der Waals surface area contributed by atoms with Crippen molar-refractivity contribution in [2.24, 2.45) is 7.05 Å². The smallest absolute Gasteiger partial charge is 0.218 e. The Morgan fingerprint density at radius 3 is 2.94 bits per heavy atom. The first-order chi connectivity index (χ1) is 8.72. The largest absolute Gasteiger partial charge is 0.481 e. The third kappa shape index (κ3) is 2.77. The van der Waals surface area contributed by atoms with Gasteiger partial charge in [-0.1, -0.05) is 6.92 Å². The maximum absolute atomic E-state index is 5.05. The molecule has 6 heteroatoms. The van der Waals surface area contributed by atoms with Crippen LogP contribution in [-0.2, 0) is 20.0 Å². The van der Waals surface area contributed by atoms with Crippen molar-refractivity contribution in [3.8, 4) is 5.88 Å². The van der Waals surface area contributed by atoms with Crippen LogP contribution in [0.15, 0.2) is 18.6 Å². The predicted octanol–water partition coefficient (Wildman–Crippen LogP) is 1.39. The Balaban J connectivity index is 2.06. The molecule has 0 aliphatic rings. The summed E-state index contributed by atoms with van der Waals surface area (Å²) in [5.74, 6) is 1.29. The van der Waals surface area contributed by atoms with Crippen LogP contribution in [0.25, 0.3) is 0 Å². The highest BCUT2D eigenvalue weighted by Crippen LogP contribution is 2.13. The van der Waals surface area contributed by atoms with Crippen molar-refractivity contribution in [3.63, 3.8) is 0 Å². The number of hydrogen-bond acceptors (Lipinski definition) is 5. The minimum atomic E-state index is 0.550. The summed E-state index contributed by atoms with van der Waals surface area (Å²) in [5, 5.41) is 7.63. The van der Waals surface area contributed by atoms with Gasteiger partial charge in [-0.3, -0.25) is 4.68 Å². The highest BCUT2D eigenvalue weighted by molar-refractivity contribution is 5.38. The zero-order valence-corrected chi connectivity index (χ0v) is 10.8. The van der Waals surface area contributed by atoms with Crippen LogP contribution in [0, 0.1) is 0 Å². The summed E-state index contributed by atoms with van der Waals surface area (Å²) in [6.07, 6.45) is 4.42. The van der Waals surface area contributed by atoms with Gasteiger partial charge >= 0.3 is 0 Å². The Bertz CT molecular complexity index is 523. The van der Waals surface area contributed by atoms with Crippen LogP contribution in [0.2, 0.25) is 0 Å². The molecule has 0 aliphatic carbocycles. The lowest BCUT2D eigenvalue weighted by atomic mass is 10.2. The van der Waals surface area contributed by atoms with Crippen molar-refractivity contribution in [2.75, 3.05) is 12.4 Å². The summed E-state index contributed by atoms with van der Waals surface area (Å²) < 4.78 is 6.88. The highest BCUT2D eigenvalue weighted by Gasteiger charge is 2.06. The molecular weight excluding hydrogens is 230 g/mol. The molecule has 0 aromatic carbocycles. The zero-order valence-electron chi connectivity index (χ0n) is 10.8. The molecule has 0 atom stereocenters. The molecule has 0 radical (unpaired) electrons. The molecule has 2 aromatic rings. The standard InChI is InChI=1S/C12H17N5O/c1-4-10-9(7-17(2)16-10)6-13-11-5-12(18-3)15-8-14-11/h5,7-8H,4,6H2,1-3H3,(H,13,14,15). The van der Waals surface area contributed by atoms with Gasteiger partial charge in [0.2, 0.25) is 5.88 Å². The van der Waals surface area contributed by atoms with Gasteiger partial charge in [-0.15, -0.1) is 0 Å². The van der Waals surface area contributed by atoms with Crippen LogP contribution < -0.4 is 10.1 Å². The number of rotatable bonds is 5. The zero-order chi connectivity index (χ0) is 13.0. The molecule has 0 amide bonds. The topological polar surface area (TPSA) is 64.9 Å². The fourth-order valence-corrected chi connectivity index (χ4v) is 1.76. The van der Waals surface area contributed by atoms with Crippen molar-refractivity contribution in [3.05, 3.63) is 29.8 Å². The highest BCUT2D eigenvalue weighted by atomic mass is 16.5. The average molecular weight is 247 g/mol. The third-order valence-corrected chi connectivity index (χ3v) is 2.64. The summed E-state index contributed by atoms with van der Waals surface area (Å²) in [4.78, 5) is 8.10. The predicted molar refractivity (Wildman–Crippen MR) is 68.5 cm³/mol. The van der Waals surface area contributed by atoms with E-state index < -0.39 is 0 Å². The number of hydrogen-bond donors (Lipinski definition) is 1. The molecule has 0 saturated carbocycles. The molecule has 2 aromatic heterocycles. The second-order valence-corrected chi connectivity index (χ2v) is 3.93. The summed E-state index contributed by atoms with van der Waals surface area (Å²) in [5.41, 5.74) is 2.28. The van der Waals surface area contributed by atoms with E-state index in [-0.39, 0.29) is 0 Å². The van der Waals surface area contributed by atoms with E-state index in [1.54, 1.807) is 13.2 Å². The molecule has 0 unspecified atom stereocenters. The molecule has 0 saturated heterocycles. The first-order valence-corrected chi connectivity index (χ1v) is 5.84. The third-order valence-electron chi connectivity index (χ3n) is 2.64. The number of aryl methyl sites for hydroxylation is 2. The quantitative estimate of drug-likeness (QED) is 0.865. The molecular formula is C12H17N5O. The van der Waals surface area contributed by atoms with Gasteiger partial charge in [0, 0.05) is 31.4 Å². The van der Waals surface area contributed by atoms with Crippen LogP contribution in [0.4, 0.5) is 5.82 Å².